The highest BCUT2D eigenvalue weighted by Crippen LogP contribution is 2.15. The summed E-state index contributed by atoms with van der Waals surface area (Å²) in [6.07, 6.45) is 0. The first-order chi connectivity index (χ1) is 10.1. The van der Waals surface area contributed by atoms with Gasteiger partial charge in [-0.15, -0.1) is 5.10 Å². The molecule has 1 N–H and O–H groups in total. The number of nitrogens with one attached hydrogen (secondary N) is 1. The average molecular weight is 280 g/mol. The van der Waals surface area contributed by atoms with Crippen molar-refractivity contribution in [3.8, 4) is 0 Å². The summed E-state index contributed by atoms with van der Waals surface area (Å²) in [5.41, 5.74) is 4.54. The fourth-order valence-corrected chi connectivity index (χ4v) is 2.31. The Labute approximate surface area is 124 Å². The summed E-state index contributed by atoms with van der Waals surface area (Å²) in [6.45, 7) is 7.16. The van der Waals surface area contributed by atoms with Crippen molar-refractivity contribution in [2.45, 2.75) is 33.2 Å². The lowest BCUT2D eigenvalue weighted by molar-refractivity contribution is 0.864. The number of benzene rings is 1. The molecule has 2 aromatic heterocycles. The minimum atomic E-state index is 0.565. The molecule has 1 aromatic carbocycles. The molecule has 0 spiro atoms. The fraction of sp³-hybridized carbons (Fsp3) is 0.294. The monoisotopic (exact) mass is 280 g/mol. The van der Waals surface area contributed by atoms with E-state index in [-0.39, 0.29) is 0 Å². The Kier molecular flexibility index (Phi) is 3.60. The molecule has 0 saturated heterocycles. The van der Waals surface area contributed by atoms with Gasteiger partial charge in [0.1, 0.15) is 0 Å². The molecule has 0 saturated carbocycles. The number of fused-ring (bicyclic) bond motifs is 1. The Balaban J connectivity index is 1.72. The molecule has 21 heavy (non-hydrogen) atoms. The van der Waals surface area contributed by atoms with E-state index in [9.17, 15) is 0 Å². The van der Waals surface area contributed by atoms with Crippen molar-refractivity contribution in [3.05, 3.63) is 59.3 Å². The van der Waals surface area contributed by atoms with Crippen LogP contribution < -0.4 is 5.32 Å². The number of nitrogens with zero attached hydrogens (tertiary/aromatic N) is 3. The van der Waals surface area contributed by atoms with Gasteiger partial charge in [-0.1, -0.05) is 44.2 Å². The molecule has 4 heteroatoms. The summed E-state index contributed by atoms with van der Waals surface area (Å²) in [4.78, 5) is 4.48. The lowest BCUT2D eigenvalue weighted by Crippen LogP contribution is -2.02. The van der Waals surface area contributed by atoms with Crippen molar-refractivity contribution < 1.29 is 0 Å². The van der Waals surface area contributed by atoms with Gasteiger partial charge in [-0.05, 0) is 36.1 Å². The zero-order valence-electron chi connectivity index (χ0n) is 12.7. The van der Waals surface area contributed by atoms with Crippen LogP contribution in [0.4, 0.5) is 5.95 Å². The number of rotatable bonds is 4. The molecule has 0 amide bonds. The first kappa shape index (κ1) is 13.6. The van der Waals surface area contributed by atoms with Crippen LogP contribution in [0.5, 0.6) is 0 Å². The molecule has 0 atom stereocenters. The predicted molar refractivity (Wildman–Crippen MR) is 85.6 cm³/mol. The SMILES string of the molecule is Cc1cccc2nc(NCc3ccc(C(C)C)cc3)nn12. The zero-order chi connectivity index (χ0) is 14.8. The summed E-state index contributed by atoms with van der Waals surface area (Å²) in [6, 6.07) is 14.7. The van der Waals surface area contributed by atoms with Crippen molar-refractivity contribution in [3.63, 3.8) is 0 Å². The fourth-order valence-electron chi connectivity index (χ4n) is 2.31. The number of pyridine rings is 1. The maximum Gasteiger partial charge on any atom is 0.243 e. The van der Waals surface area contributed by atoms with Crippen LogP contribution in [0.1, 0.15) is 36.6 Å². The molecule has 0 bridgehead atoms. The third-order valence-corrected chi connectivity index (χ3v) is 3.65. The van der Waals surface area contributed by atoms with Crippen LogP contribution in [0.2, 0.25) is 0 Å². The molecule has 0 aliphatic carbocycles. The minimum absolute atomic E-state index is 0.565. The predicted octanol–water partition coefficient (Wildman–Crippen LogP) is 3.77. The van der Waals surface area contributed by atoms with Crippen LogP contribution in [-0.4, -0.2) is 14.6 Å². The normalized spacial score (nSPS) is 11.2. The maximum atomic E-state index is 4.48. The van der Waals surface area contributed by atoms with Gasteiger partial charge in [0.15, 0.2) is 5.65 Å². The highest BCUT2D eigenvalue weighted by Gasteiger charge is 2.05. The lowest BCUT2D eigenvalue weighted by atomic mass is 10.0. The number of anilines is 1. The number of hydrogen-bond donors (Lipinski definition) is 1. The molecule has 4 nitrogen and oxygen atoms in total. The van der Waals surface area contributed by atoms with Gasteiger partial charge in [0.25, 0.3) is 0 Å². The Bertz CT molecular complexity index is 741. The zero-order valence-corrected chi connectivity index (χ0v) is 12.7. The lowest BCUT2D eigenvalue weighted by Gasteiger charge is -2.07. The maximum absolute atomic E-state index is 4.48. The number of hydrogen-bond acceptors (Lipinski definition) is 3. The Morgan fingerprint density at radius 2 is 1.86 bits per heavy atom. The average Bonchev–Trinajstić information content (AvgIpc) is 2.90. The van der Waals surface area contributed by atoms with Gasteiger partial charge < -0.3 is 5.32 Å². The molecular formula is C17H20N4. The van der Waals surface area contributed by atoms with E-state index in [1.54, 1.807) is 0 Å². The quantitative estimate of drug-likeness (QED) is 0.791. The van der Waals surface area contributed by atoms with E-state index < -0.39 is 0 Å². The van der Waals surface area contributed by atoms with Crippen molar-refractivity contribution >= 4 is 11.6 Å². The molecule has 0 radical (unpaired) electrons. The highest BCUT2D eigenvalue weighted by molar-refractivity contribution is 5.44. The van der Waals surface area contributed by atoms with E-state index in [0.717, 1.165) is 17.9 Å². The summed E-state index contributed by atoms with van der Waals surface area (Å²) < 4.78 is 1.85. The molecule has 3 aromatic rings. The van der Waals surface area contributed by atoms with E-state index in [4.69, 9.17) is 0 Å². The Morgan fingerprint density at radius 1 is 1.10 bits per heavy atom. The van der Waals surface area contributed by atoms with Crippen molar-refractivity contribution in [1.82, 2.24) is 14.6 Å². The van der Waals surface area contributed by atoms with Gasteiger partial charge >= 0.3 is 0 Å². The smallest absolute Gasteiger partial charge is 0.243 e. The molecule has 2 heterocycles. The van der Waals surface area contributed by atoms with Gasteiger partial charge in [-0.3, -0.25) is 0 Å². The topological polar surface area (TPSA) is 42.2 Å². The second-order valence-electron chi connectivity index (χ2n) is 5.62. The summed E-state index contributed by atoms with van der Waals surface area (Å²) >= 11 is 0. The second-order valence-corrected chi connectivity index (χ2v) is 5.62. The standard InChI is InChI=1S/C17H20N4/c1-12(2)15-9-7-14(8-10-15)11-18-17-19-16-6-4-5-13(3)21(16)20-17/h4-10,12H,11H2,1-3H3,(H,18,20). The number of aromatic nitrogens is 3. The highest BCUT2D eigenvalue weighted by atomic mass is 15.3. The molecule has 108 valence electrons. The third-order valence-electron chi connectivity index (χ3n) is 3.65. The van der Waals surface area contributed by atoms with Crippen LogP contribution in [0.15, 0.2) is 42.5 Å². The van der Waals surface area contributed by atoms with Crippen molar-refractivity contribution in [2.24, 2.45) is 0 Å². The second kappa shape index (κ2) is 5.56. The van der Waals surface area contributed by atoms with Gasteiger partial charge in [0.05, 0.1) is 0 Å². The van der Waals surface area contributed by atoms with Crippen molar-refractivity contribution in [1.29, 1.82) is 0 Å². The van der Waals surface area contributed by atoms with E-state index >= 15 is 0 Å². The third kappa shape index (κ3) is 2.89. The van der Waals surface area contributed by atoms with E-state index in [1.807, 2.05) is 29.6 Å². The van der Waals surface area contributed by atoms with E-state index in [1.165, 1.54) is 11.1 Å². The van der Waals surface area contributed by atoms with Crippen molar-refractivity contribution in [2.75, 3.05) is 5.32 Å². The van der Waals surface area contributed by atoms with Crippen LogP contribution in [0.3, 0.4) is 0 Å². The summed E-state index contributed by atoms with van der Waals surface area (Å²) in [7, 11) is 0. The van der Waals surface area contributed by atoms with Gasteiger partial charge in [0.2, 0.25) is 5.95 Å². The number of aryl methyl sites for hydroxylation is 1. The molecule has 0 fully saturated rings. The molecule has 0 aliphatic rings. The van der Waals surface area contributed by atoms with Gasteiger partial charge in [0, 0.05) is 12.2 Å². The summed E-state index contributed by atoms with van der Waals surface area (Å²) in [5, 5.41) is 7.75. The molecular weight excluding hydrogens is 260 g/mol. The van der Waals surface area contributed by atoms with Gasteiger partial charge in [-0.2, -0.15) is 4.98 Å². The van der Waals surface area contributed by atoms with Crippen LogP contribution in [0.25, 0.3) is 5.65 Å². The summed E-state index contributed by atoms with van der Waals surface area (Å²) in [5.74, 6) is 1.23. The molecule has 0 unspecified atom stereocenters. The molecule has 3 rings (SSSR count). The van der Waals surface area contributed by atoms with Crippen LogP contribution in [-0.2, 0) is 6.54 Å². The van der Waals surface area contributed by atoms with Crippen LogP contribution in [0, 0.1) is 6.92 Å². The first-order valence-electron chi connectivity index (χ1n) is 7.28. The minimum Gasteiger partial charge on any atom is -0.349 e. The van der Waals surface area contributed by atoms with E-state index in [0.29, 0.717) is 11.9 Å². The van der Waals surface area contributed by atoms with Gasteiger partial charge in [-0.25, -0.2) is 4.52 Å². The Hall–Kier alpha value is -2.36. The first-order valence-corrected chi connectivity index (χ1v) is 7.28. The Morgan fingerprint density at radius 3 is 2.52 bits per heavy atom. The van der Waals surface area contributed by atoms with E-state index in [2.05, 4.69) is 53.5 Å². The molecule has 0 aliphatic heterocycles. The largest absolute Gasteiger partial charge is 0.349 e. The van der Waals surface area contributed by atoms with Crippen LogP contribution >= 0.6 is 0 Å².